The van der Waals surface area contributed by atoms with E-state index in [9.17, 15) is 0 Å². The lowest BCUT2D eigenvalue weighted by molar-refractivity contribution is 0.607. The summed E-state index contributed by atoms with van der Waals surface area (Å²) in [5, 5.41) is 16.7. The minimum absolute atomic E-state index is 0.605. The lowest BCUT2D eigenvalue weighted by Crippen LogP contribution is -2.02. The summed E-state index contributed by atoms with van der Waals surface area (Å²) in [7, 11) is 1.79. The number of hydrogen-bond donors (Lipinski definition) is 0. The molecule has 2 rings (SSSR count). The Hall–Kier alpha value is -1.24. The van der Waals surface area contributed by atoms with Crippen LogP contribution in [0.5, 0.6) is 0 Å². The zero-order chi connectivity index (χ0) is 9.97. The van der Waals surface area contributed by atoms with Crippen LogP contribution in [0.1, 0.15) is 11.4 Å². The van der Waals surface area contributed by atoms with Gasteiger partial charge >= 0.3 is 0 Å². The fraction of sp³-hybridized carbons (Fsp3) is 0.429. The maximum Gasteiger partial charge on any atom is 0.104 e. The summed E-state index contributed by atoms with van der Waals surface area (Å²) in [4.78, 5) is 1.53. The van der Waals surface area contributed by atoms with Gasteiger partial charge in [-0.15, -0.1) is 5.10 Å². The molecular formula is C7H9BrN6. The van der Waals surface area contributed by atoms with Crippen LogP contribution in [0.2, 0.25) is 0 Å². The molecule has 0 N–H and O–H groups in total. The van der Waals surface area contributed by atoms with E-state index in [2.05, 4.69) is 36.4 Å². The largest absolute Gasteiger partial charge is 0.246 e. The number of nitrogens with zero attached hydrogens (tertiary/aromatic N) is 6. The van der Waals surface area contributed by atoms with Crippen molar-refractivity contribution < 1.29 is 0 Å². The molecule has 0 amide bonds. The number of aromatic nitrogens is 6. The van der Waals surface area contributed by atoms with Gasteiger partial charge < -0.3 is 0 Å². The Morgan fingerprint density at radius 3 is 2.86 bits per heavy atom. The van der Waals surface area contributed by atoms with E-state index in [0.29, 0.717) is 11.9 Å². The van der Waals surface area contributed by atoms with Crippen LogP contribution in [0.15, 0.2) is 12.4 Å². The van der Waals surface area contributed by atoms with E-state index in [4.69, 9.17) is 0 Å². The first-order valence-corrected chi connectivity index (χ1v) is 5.20. The van der Waals surface area contributed by atoms with Gasteiger partial charge in [-0.3, -0.25) is 0 Å². The van der Waals surface area contributed by atoms with Crippen LogP contribution in [-0.2, 0) is 18.9 Å². The van der Waals surface area contributed by atoms with Gasteiger partial charge in [0.25, 0.3) is 0 Å². The first-order chi connectivity index (χ1) is 6.78. The number of aryl methyl sites for hydroxylation is 1. The van der Waals surface area contributed by atoms with E-state index in [0.717, 1.165) is 11.4 Å². The van der Waals surface area contributed by atoms with Crippen molar-refractivity contribution in [1.29, 1.82) is 0 Å². The average Bonchev–Trinajstić information content (AvgIpc) is 2.76. The van der Waals surface area contributed by atoms with Gasteiger partial charge in [-0.25, -0.2) is 4.68 Å². The molecule has 0 bridgehead atoms. The summed E-state index contributed by atoms with van der Waals surface area (Å²) in [6.45, 7) is 0.605. The molecule has 0 spiro atoms. The maximum atomic E-state index is 4.15. The Labute approximate surface area is 89.0 Å². The summed E-state index contributed by atoms with van der Waals surface area (Å²) in [6.07, 6.45) is 3.60. The van der Waals surface area contributed by atoms with Crippen molar-refractivity contribution in [2.45, 2.75) is 11.9 Å². The Bertz CT molecular complexity index is 419. The van der Waals surface area contributed by atoms with E-state index in [-0.39, 0.29) is 0 Å². The second kappa shape index (κ2) is 3.87. The minimum Gasteiger partial charge on any atom is -0.246 e. The molecule has 0 atom stereocenters. The summed E-state index contributed by atoms with van der Waals surface area (Å²) < 4.78 is 1.74. The molecule has 0 aliphatic carbocycles. The quantitative estimate of drug-likeness (QED) is 0.744. The van der Waals surface area contributed by atoms with Gasteiger partial charge in [0.05, 0.1) is 18.4 Å². The summed E-state index contributed by atoms with van der Waals surface area (Å²) in [6, 6.07) is 0. The van der Waals surface area contributed by atoms with Crippen molar-refractivity contribution >= 4 is 15.9 Å². The lowest BCUT2D eigenvalue weighted by atomic mass is 10.5. The van der Waals surface area contributed by atoms with Crippen LogP contribution in [-0.4, -0.2) is 30.0 Å². The Kier molecular flexibility index (Phi) is 2.58. The van der Waals surface area contributed by atoms with Gasteiger partial charge in [0.15, 0.2) is 0 Å². The Balaban J connectivity index is 2.10. The predicted octanol–water partition coefficient (Wildman–Crippen LogP) is 0.350. The molecule has 6 nitrogen and oxygen atoms in total. The third-order valence-corrected chi connectivity index (χ3v) is 2.27. The lowest BCUT2D eigenvalue weighted by Gasteiger charge is -1.93. The highest BCUT2D eigenvalue weighted by atomic mass is 79.9. The fourth-order valence-corrected chi connectivity index (χ4v) is 1.36. The molecule has 0 saturated heterocycles. The molecule has 0 radical (unpaired) electrons. The van der Waals surface area contributed by atoms with Gasteiger partial charge in [0.2, 0.25) is 0 Å². The van der Waals surface area contributed by atoms with Gasteiger partial charge in [-0.1, -0.05) is 21.1 Å². The maximum absolute atomic E-state index is 4.15. The molecule has 0 aromatic carbocycles. The highest BCUT2D eigenvalue weighted by Gasteiger charge is 2.02. The highest BCUT2D eigenvalue weighted by Crippen LogP contribution is 2.01. The molecule has 74 valence electrons. The second-order valence-electron chi connectivity index (χ2n) is 2.87. The first-order valence-electron chi connectivity index (χ1n) is 4.08. The monoisotopic (exact) mass is 256 g/mol. The number of hydrogen-bond acceptors (Lipinski definition) is 4. The normalized spacial score (nSPS) is 10.7. The molecule has 0 saturated carbocycles. The molecule has 2 aromatic heterocycles. The standard InChI is InChI=1S/C7H9BrN6/c1-13-9-3-7(11-13)5-14-4-6(2-8)10-12-14/h3-4H,2,5H2,1H3. The molecule has 7 heteroatoms. The van der Waals surface area contributed by atoms with Crippen LogP contribution in [0.4, 0.5) is 0 Å². The van der Waals surface area contributed by atoms with Crippen molar-refractivity contribution in [3.8, 4) is 0 Å². The van der Waals surface area contributed by atoms with Crippen molar-refractivity contribution in [1.82, 2.24) is 30.0 Å². The molecular weight excluding hydrogens is 248 g/mol. The topological polar surface area (TPSA) is 61.4 Å². The molecule has 0 aliphatic heterocycles. The first kappa shape index (κ1) is 9.32. The van der Waals surface area contributed by atoms with Crippen molar-refractivity contribution in [3.63, 3.8) is 0 Å². The molecule has 0 unspecified atom stereocenters. The van der Waals surface area contributed by atoms with E-state index >= 15 is 0 Å². The van der Waals surface area contributed by atoms with E-state index in [1.54, 1.807) is 17.9 Å². The molecule has 2 heterocycles. The van der Waals surface area contributed by atoms with Gasteiger partial charge in [0.1, 0.15) is 5.69 Å². The van der Waals surface area contributed by atoms with Crippen molar-refractivity contribution in [3.05, 3.63) is 23.8 Å². The molecule has 2 aromatic rings. The molecule has 0 aliphatic rings. The van der Waals surface area contributed by atoms with Crippen molar-refractivity contribution in [2.24, 2.45) is 7.05 Å². The zero-order valence-electron chi connectivity index (χ0n) is 7.63. The highest BCUT2D eigenvalue weighted by molar-refractivity contribution is 9.08. The predicted molar refractivity (Wildman–Crippen MR) is 52.8 cm³/mol. The van der Waals surface area contributed by atoms with Crippen LogP contribution < -0.4 is 0 Å². The van der Waals surface area contributed by atoms with Gasteiger partial charge in [-0.2, -0.15) is 15.0 Å². The SMILES string of the molecule is Cn1ncc(Cn2cc(CBr)nn2)n1. The van der Waals surface area contributed by atoms with E-state index in [1.807, 2.05) is 6.20 Å². The van der Waals surface area contributed by atoms with Crippen LogP contribution >= 0.6 is 15.9 Å². The van der Waals surface area contributed by atoms with Gasteiger partial charge in [-0.05, 0) is 0 Å². The van der Waals surface area contributed by atoms with Gasteiger partial charge in [0, 0.05) is 18.6 Å². The number of alkyl halides is 1. The third-order valence-electron chi connectivity index (χ3n) is 1.69. The molecule has 0 fully saturated rings. The Morgan fingerprint density at radius 1 is 1.43 bits per heavy atom. The smallest absolute Gasteiger partial charge is 0.104 e. The van der Waals surface area contributed by atoms with Crippen LogP contribution in [0, 0.1) is 0 Å². The molecule has 14 heavy (non-hydrogen) atoms. The average molecular weight is 257 g/mol. The fourth-order valence-electron chi connectivity index (χ4n) is 1.10. The number of rotatable bonds is 3. The van der Waals surface area contributed by atoms with Crippen LogP contribution in [0.3, 0.4) is 0 Å². The third kappa shape index (κ3) is 1.98. The van der Waals surface area contributed by atoms with E-state index in [1.165, 1.54) is 4.80 Å². The summed E-state index contributed by atoms with van der Waals surface area (Å²) in [5.74, 6) is 0. The van der Waals surface area contributed by atoms with Crippen LogP contribution in [0.25, 0.3) is 0 Å². The summed E-state index contributed by atoms with van der Waals surface area (Å²) in [5.41, 5.74) is 1.78. The van der Waals surface area contributed by atoms with E-state index < -0.39 is 0 Å². The zero-order valence-corrected chi connectivity index (χ0v) is 9.22. The van der Waals surface area contributed by atoms with Crippen molar-refractivity contribution in [2.75, 3.05) is 0 Å². The number of halogens is 1. The second-order valence-corrected chi connectivity index (χ2v) is 3.43. The minimum atomic E-state index is 0.605. The summed E-state index contributed by atoms with van der Waals surface area (Å²) >= 11 is 3.31. The Morgan fingerprint density at radius 2 is 2.29 bits per heavy atom.